The van der Waals surface area contributed by atoms with Crippen LogP contribution < -0.4 is 15.0 Å². The van der Waals surface area contributed by atoms with E-state index < -0.39 is 0 Å². The Morgan fingerprint density at radius 3 is 2.52 bits per heavy atom. The first-order valence-electron chi connectivity index (χ1n) is 8.55. The standard InChI is InChI=1S/C20H20N2O3/c1-12(2)25-14-8-6-13(7-9-14)19-21-20(24)16-5-3-4-15-17(23)10-11-22(19)18(15)16/h3-9,12,19H,10-11H2,1-2H3,(H,21,24). The molecule has 1 unspecified atom stereocenters. The van der Waals surface area contributed by atoms with Crippen molar-refractivity contribution < 1.29 is 14.3 Å². The van der Waals surface area contributed by atoms with Gasteiger partial charge in [0.25, 0.3) is 5.91 Å². The largest absolute Gasteiger partial charge is 0.491 e. The van der Waals surface area contributed by atoms with Crippen LogP contribution >= 0.6 is 0 Å². The number of Topliss-reactive ketones (excluding diaryl/α,β-unsaturated/α-hetero) is 1. The maximum Gasteiger partial charge on any atom is 0.255 e. The van der Waals surface area contributed by atoms with Gasteiger partial charge in [0, 0.05) is 18.5 Å². The minimum Gasteiger partial charge on any atom is -0.491 e. The molecule has 2 aliphatic heterocycles. The molecule has 0 radical (unpaired) electrons. The Morgan fingerprint density at radius 1 is 1.08 bits per heavy atom. The molecule has 0 saturated carbocycles. The van der Waals surface area contributed by atoms with Gasteiger partial charge in [0.05, 0.1) is 17.4 Å². The van der Waals surface area contributed by atoms with Crippen LogP contribution in [-0.2, 0) is 0 Å². The van der Waals surface area contributed by atoms with Gasteiger partial charge in [-0.25, -0.2) is 0 Å². The van der Waals surface area contributed by atoms with E-state index in [9.17, 15) is 9.59 Å². The third kappa shape index (κ3) is 2.65. The highest BCUT2D eigenvalue weighted by Gasteiger charge is 2.37. The Kier molecular flexibility index (Phi) is 3.71. The summed E-state index contributed by atoms with van der Waals surface area (Å²) in [6.07, 6.45) is 0.294. The van der Waals surface area contributed by atoms with Crippen molar-refractivity contribution >= 4 is 17.4 Å². The quantitative estimate of drug-likeness (QED) is 0.934. The smallest absolute Gasteiger partial charge is 0.255 e. The molecule has 1 N–H and O–H groups in total. The molecule has 5 heteroatoms. The third-order valence-electron chi connectivity index (χ3n) is 4.60. The highest BCUT2D eigenvalue weighted by Crippen LogP contribution is 2.39. The maximum absolute atomic E-state index is 12.6. The molecule has 2 heterocycles. The first-order chi connectivity index (χ1) is 12.0. The average molecular weight is 336 g/mol. The minimum absolute atomic E-state index is 0.0993. The summed E-state index contributed by atoms with van der Waals surface area (Å²) in [7, 11) is 0. The fraction of sp³-hybridized carbons (Fsp3) is 0.300. The summed E-state index contributed by atoms with van der Waals surface area (Å²) in [5.41, 5.74) is 2.94. The van der Waals surface area contributed by atoms with Crippen molar-refractivity contribution in [1.29, 1.82) is 0 Å². The van der Waals surface area contributed by atoms with Gasteiger partial charge in [-0.3, -0.25) is 9.59 Å². The monoisotopic (exact) mass is 336 g/mol. The van der Waals surface area contributed by atoms with E-state index in [0.717, 1.165) is 17.0 Å². The second-order valence-electron chi connectivity index (χ2n) is 6.68. The van der Waals surface area contributed by atoms with Crippen molar-refractivity contribution in [3.05, 3.63) is 59.2 Å². The van der Waals surface area contributed by atoms with Gasteiger partial charge in [-0.05, 0) is 43.7 Å². The molecule has 0 aliphatic carbocycles. The van der Waals surface area contributed by atoms with Gasteiger partial charge in [0.2, 0.25) is 0 Å². The Labute approximate surface area is 146 Å². The molecule has 0 aromatic heterocycles. The number of nitrogens with zero attached hydrogens (tertiary/aromatic N) is 1. The average Bonchev–Trinajstić information content (AvgIpc) is 2.60. The third-order valence-corrected chi connectivity index (χ3v) is 4.60. The summed E-state index contributed by atoms with van der Waals surface area (Å²) in [6.45, 7) is 4.56. The fourth-order valence-corrected chi connectivity index (χ4v) is 3.53. The fourth-order valence-electron chi connectivity index (χ4n) is 3.53. The molecular weight excluding hydrogens is 316 g/mol. The molecule has 25 heavy (non-hydrogen) atoms. The van der Waals surface area contributed by atoms with Crippen molar-refractivity contribution in [3.63, 3.8) is 0 Å². The zero-order chi connectivity index (χ0) is 17.6. The van der Waals surface area contributed by atoms with Crippen LogP contribution in [0, 0.1) is 0 Å². The number of hydrogen-bond acceptors (Lipinski definition) is 4. The molecule has 2 aliphatic rings. The van der Waals surface area contributed by atoms with Crippen LogP contribution in [0.2, 0.25) is 0 Å². The van der Waals surface area contributed by atoms with Crippen LogP contribution in [0.4, 0.5) is 5.69 Å². The van der Waals surface area contributed by atoms with Gasteiger partial charge < -0.3 is 15.0 Å². The van der Waals surface area contributed by atoms with Crippen molar-refractivity contribution in [1.82, 2.24) is 5.32 Å². The molecule has 2 aromatic carbocycles. The lowest BCUT2D eigenvalue weighted by molar-refractivity contribution is 0.0921. The number of hydrogen-bond donors (Lipinski definition) is 1. The van der Waals surface area contributed by atoms with Crippen molar-refractivity contribution in [2.75, 3.05) is 11.4 Å². The molecule has 4 rings (SSSR count). The van der Waals surface area contributed by atoms with Crippen LogP contribution in [0.15, 0.2) is 42.5 Å². The summed E-state index contributed by atoms with van der Waals surface area (Å²) in [5.74, 6) is 0.758. The van der Waals surface area contributed by atoms with E-state index >= 15 is 0 Å². The summed E-state index contributed by atoms with van der Waals surface area (Å²) in [4.78, 5) is 26.9. The van der Waals surface area contributed by atoms with Crippen LogP contribution in [0.3, 0.4) is 0 Å². The first kappa shape index (κ1) is 15.7. The van der Waals surface area contributed by atoms with Gasteiger partial charge >= 0.3 is 0 Å². The number of benzene rings is 2. The van der Waals surface area contributed by atoms with Crippen LogP contribution in [0.5, 0.6) is 5.75 Å². The Bertz CT molecular complexity index is 828. The van der Waals surface area contributed by atoms with Crippen molar-refractivity contribution in [3.8, 4) is 5.75 Å². The second kappa shape index (κ2) is 5.92. The molecular formula is C20H20N2O3. The lowest BCUT2D eigenvalue weighted by Crippen LogP contribution is -2.49. The molecule has 0 spiro atoms. The van der Waals surface area contributed by atoms with Gasteiger partial charge in [0.1, 0.15) is 11.9 Å². The number of nitrogens with one attached hydrogen (secondary N) is 1. The van der Waals surface area contributed by atoms with Gasteiger partial charge in [0.15, 0.2) is 5.78 Å². The summed E-state index contributed by atoms with van der Waals surface area (Å²) >= 11 is 0. The molecule has 5 nitrogen and oxygen atoms in total. The first-order valence-corrected chi connectivity index (χ1v) is 8.55. The molecule has 1 amide bonds. The van der Waals surface area contributed by atoms with Gasteiger partial charge in [-0.2, -0.15) is 0 Å². The normalized spacial score (nSPS) is 18.8. The Balaban J connectivity index is 1.73. The topological polar surface area (TPSA) is 58.6 Å². The number of para-hydroxylation sites is 1. The van der Waals surface area contributed by atoms with E-state index in [2.05, 4.69) is 10.2 Å². The summed E-state index contributed by atoms with van der Waals surface area (Å²) < 4.78 is 5.69. The Hall–Kier alpha value is -2.82. The van der Waals surface area contributed by atoms with Gasteiger partial charge in [-0.15, -0.1) is 0 Å². The predicted octanol–water partition coefficient (Wildman–Crippen LogP) is 3.31. The number of rotatable bonds is 3. The summed E-state index contributed by atoms with van der Waals surface area (Å²) in [6, 6.07) is 13.1. The van der Waals surface area contributed by atoms with Crippen LogP contribution in [-0.4, -0.2) is 24.3 Å². The van der Waals surface area contributed by atoms with Crippen LogP contribution in [0.25, 0.3) is 0 Å². The van der Waals surface area contributed by atoms with E-state index in [1.807, 2.05) is 44.2 Å². The van der Waals surface area contributed by atoms with E-state index in [-0.39, 0.29) is 24.0 Å². The number of anilines is 1. The second-order valence-corrected chi connectivity index (χ2v) is 6.68. The van der Waals surface area contributed by atoms with Gasteiger partial charge in [-0.1, -0.05) is 18.2 Å². The van der Waals surface area contributed by atoms with E-state index in [1.54, 1.807) is 12.1 Å². The molecule has 0 saturated heterocycles. The highest BCUT2D eigenvalue weighted by atomic mass is 16.5. The summed E-state index contributed by atoms with van der Waals surface area (Å²) in [5, 5.41) is 3.06. The number of ether oxygens (including phenoxy) is 1. The zero-order valence-electron chi connectivity index (χ0n) is 14.3. The SMILES string of the molecule is CC(C)Oc1ccc(C2NC(=O)c3cccc4c3N2CCC4=O)cc1. The molecule has 0 bridgehead atoms. The minimum atomic E-state index is -0.276. The van der Waals surface area contributed by atoms with E-state index in [0.29, 0.717) is 24.1 Å². The number of ketones is 1. The van der Waals surface area contributed by atoms with Crippen molar-refractivity contribution in [2.45, 2.75) is 32.5 Å². The zero-order valence-corrected chi connectivity index (χ0v) is 14.3. The van der Waals surface area contributed by atoms with E-state index in [4.69, 9.17) is 4.74 Å². The lowest BCUT2D eigenvalue weighted by Gasteiger charge is -2.42. The molecule has 128 valence electrons. The van der Waals surface area contributed by atoms with E-state index in [1.165, 1.54) is 0 Å². The highest BCUT2D eigenvalue weighted by molar-refractivity contribution is 6.11. The molecule has 1 atom stereocenters. The molecule has 0 fully saturated rings. The van der Waals surface area contributed by atoms with Crippen LogP contribution in [0.1, 0.15) is 52.7 Å². The number of amides is 1. The number of carbonyl (C=O) groups is 2. The Morgan fingerprint density at radius 2 is 1.80 bits per heavy atom. The lowest BCUT2D eigenvalue weighted by atomic mass is 9.92. The number of carbonyl (C=O) groups excluding carboxylic acids is 2. The molecule has 2 aromatic rings. The predicted molar refractivity (Wildman–Crippen MR) is 95.1 cm³/mol. The maximum atomic E-state index is 12.6. The van der Waals surface area contributed by atoms with Crippen molar-refractivity contribution in [2.24, 2.45) is 0 Å².